The fraction of sp³-hybridized carbons (Fsp3) is 0.900. The standard InChI is InChI=1S/C10H19NO2/c1-2-3-6-11-7-4-9(5-8-11)10(12)13/h9H,2-8H2,1H3,(H,12,13). The third kappa shape index (κ3) is 3.35. The van der Waals surface area contributed by atoms with Crippen LogP contribution in [-0.4, -0.2) is 35.6 Å². The van der Waals surface area contributed by atoms with Gasteiger partial charge in [-0.1, -0.05) is 13.3 Å². The summed E-state index contributed by atoms with van der Waals surface area (Å²) in [7, 11) is 0. The molecule has 3 nitrogen and oxygen atoms in total. The van der Waals surface area contributed by atoms with Crippen LogP contribution in [0, 0.1) is 5.92 Å². The second-order valence-electron chi connectivity index (χ2n) is 3.81. The van der Waals surface area contributed by atoms with E-state index in [1.54, 1.807) is 0 Å². The Morgan fingerprint density at radius 2 is 2.08 bits per heavy atom. The second-order valence-corrected chi connectivity index (χ2v) is 3.81. The van der Waals surface area contributed by atoms with Gasteiger partial charge in [-0.15, -0.1) is 0 Å². The zero-order chi connectivity index (χ0) is 9.68. The number of rotatable bonds is 4. The summed E-state index contributed by atoms with van der Waals surface area (Å²) in [4.78, 5) is 13.0. The van der Waals surface area contributed by atoms with Crippen molar-refractivity contribution in [2.75, 3.05) is 19.6 Å². The Kier molecular flexibility index (Phi) is 4.22. The molecule has 0 saturated carbocycles. The molecule has 0 aliphatic carbocycles. The first-order chi connectivity index (χ1) is 6.24. The average Bonchev–Trinajstić information content (AvgIpc) is 2.15. The van der Waals surface area contributed by atoms with Gasteiger partial charge in [0.25, 0.3) is 0 Å². The van der Waals surface area contributed by atoms with E-state index in [4.69, 9.17) is 5.11 Å². The van der Waals surface area contributed by atoms with Crippen molar-refractivity contribution < 1.29 is 9.90 Å². The molecular formula is C10H19NO2. The number of piperidine rings is 1. The van der Waals surface area contributed by atoms with Crippen LogP contribution in [0.3, 0.4) is 0 Å². The van der Waals surface area contributed by atoms with Gasteiger partial charge in [0, 0.05) is 0 Å². The summed E-state index contributed by atoms with van der Waals surface area (Å²) in [5, 5.41) is 8.78. The highest BCUT2D eigenvalue weighted by Crippen LogP contribution is 2.17. The van der Waals surface area contributed by atoms with E-state index in [1.807, 2.05) is 0 Å². The number of likely N-dealkylation sites (tertiary alicyclic amines) is 1. The van der Waals surface area contributed by atoms with Crippen molar-refractivity contribution in [3.63, 3.8) is 0 Å². The van der Waals surface area contributed by atoms with E-state index in [0.717, 1.165) is 32.5 Å². The molecule has 1 aliphatic heterocycles. The van der Waals surface area contributed by atoms with Crippen molar-refractivity contribution in [2.24, 2.45) is 5.92 Å². The average molecular weight is 185 g/mol. The minimum atomic E-state index is -0.616. The molecule has 0 spiro atoms. The van der Waals surface area contributed by atoms with Crippen LogP contribution in [0.2, 0.25) is 0 Å². The number of carbonyl (C=O) groups is 1. The number of unbranched alkanes of at least 4 members (excludes halogenated alkanes) is 1. The second kappa shape index (κ2) is 5.22. The van der Waals surface area contributed by atoms with Gasteiger partial charge in [-0.2, -0.15) is 0 Å². The molecule has 0 unspecified atom stereocenters. The minimum Gasteiger partial charge on any atom is -0.481 e. The highest BCUT2D eigenvalue weighted by molar-refractivity contribution is 5.70. The first-order valence-corrected chi connectivity index (χ1v) is 5.19. The van der Waals surface area contributed by atoms with Gasteiger partial charge in [0.1, 0.15) is 0 Å². The monoisotopic (exact) mass is 185 g/mol. The molecule has 0 atom stereocenters. The van der Waals surface area contributed by atoms with E-state index in [0.29, 0.717) is 0 Å². The molecule has 13 heavy (non-hydrogen) atoms. The van der Waals surface area contributed by atoms with E-state index in [9.17, 15) is 4.79 Å². The number of carboxylic acid groups (broad SMARTS) is 1. The van der Waals surface area contributed by atoms with Crippen LogP contribution in [-0.2, 0) is 4.79 Å². The lowest BCUT2D eigenvalue weighted by Crippen LogP contribution is -2.36. The van der Waals surface area contributed by atoms with Crippen molar-refractivity contribution in [1.82, 2.24) is 4.90 Å². The van der Waals surface area contributed by atoms with Crippen LogP contribution in [0.4, 0.5) is 0 Å². The molecule has 0 aromatic carbocycles. The predicted molar refractivity (Wildman–Crippen MR) is 51.7 cm³/mol. The normalized spacial score (nSPS) is 20.4. The number of hydrogen-bond acceptors (Lipinski definition) is 2. The third-order valence-corrected chi connectivity index (χ3v) is 2.76. The molecule has 0 radical (unpaired) electrons. The van der Waals surface area contributed by atoms with E-state index in [1.165, 1.54) is 12.8 Å². The lowest BCUT2D eigenvalue weighted by atomic mass is 9.97. The lowest BCUT2D eigenvalue weighted by Gasteiger charge is -2.29. The van der Waals surface area contributed by atoms with Crippen LogP contribution in [0.15, 0.2) is 0 Å². The molecule has 1 rings (SSSR count). The van der Waals surface area contributed by atoms with Gasteiger partial charge < -0.3 is 10.0 Å². The molecule has 1 heterocycles. The van der Waals surface area contributed by atoms with Crippen LogP contribution in [0.1, 0.15) is 32.6 Å². The molecular weight excluding hydrogens is 166 g/mol. The Hall–Kier alpha value is -0.570. The largest absolute Gasteiger partial charge is 0.481 e. The SMILES string of the molecule is CCCCN1CCC(C(=O)O)CC1. The van der Waals surface area contributed by atoms with Gasteiger partial charge in [-0.3, -0.25) is 4.79 Å². The summed E-state index contributed by atoms with van der Waals surface area (Å²) in [6.07, 6.45) is 4.12. The molecule has 1 N–H and O–H groups in total. The van der Waals surface area contributed by atoms with Crippen molar-refractivity contribution >= 4 is 5.97 Å². The van der Waals surface area contributed by atoms with Gasteiger partial charge >= 0.3 is 5.97 Å². The van der Waals surface area contributed by atoms with Crippen LogP contribution in [0.25, 0.3) is 0 Å². The van der Waals surface area contributed by atoms with E-state index >= 15 is 0 Å². The predicted octanol–water partition coefficient (Wildman–Crippen LogP) is 1.58. The Morgan fingerprint density at radius 1 is 1.46 bits per heavy atom. The summed E-state index contributed by atoms with van der Waals surface area (Å²) in [5.74, 6) is -0.701. The van der Waals surface area contributed by atoms with Crippen molar-refractivity contribution in [1.29, 1.82) is 0 Å². The summed E-state index contributed by atoms with van der Waals surface area (Å²) in [5.41, 5.74) is 0. The fourth-order valence-electron chi connectivity index (χ4n) is 1.79. The fourth-order valence-corrected chi connectivity index (χ4v) is 1.79. The molecule has 0 aromatic heterocycles. The maximum Gasteiger partial charge on any atom is 0.306 e. The summed E-state index contributed by atoms with van der Waals surface area (Å²) in [6.45, 7) is 5.26. The van der Waals surface area contributed by atoms with Crippen LogP contribution < -0.4 is 0 Å². The highest BCUT2D eigenvalue weighted by atomic mass is 16.4. The summed E-state index contributed by atoms with van der Waals surface area (Å²) < 4.78 is 0. The quantitative estimate of drug-likeness (QED) is 0.723. The Balaban J connectivity index is 2.18. The van der Waals surface area contributed by atoms with E-state index in [2.05, 4.69) is 11.8 Å². The Morgan fingerprint density at radius 3 is 2.54 bits per heavy atom. The summed E-state index contributed by atoms with van der Waals surface area (Å²) >= 11 is 0. The number of aliphatic carboxylic acids is 1. The molecule has 1 saturated heterocycles. The van der Waals surface area contributed by atoms with E-state index in [-0.39, 0.29) is 5.92 Å². The van der Waals surface area contributed by atoms with Crippen molar-refractivity contribution in [2.45, 2.75) is 32.6 Å². The van der Waals surface area contributed by atoms with Gasteiger partial charge in [0.15, 0.2) is 0 Å². The first kappa shape index (κ1) is 10.5. The Labute approximate surface area is 79.7 Å². The zero-order valence-electron chi connectivity index (χ0n) is 8.33. The lowest BCUT2D eigenvalue weighted by molar-refractivity contribution is -0.143. The molecule has 76 valence electrons. The molecule has 3 heteroatoms. The maximum atomic E-state index is 10.7. The van der Waals surface area contributed by atoms with Crippen molar-refractivity contribution in [3.05, 3.63) is 0 Å². The van der Waals surface area contributed by atoms with E-state index < -0.39 is 5.97 Å². The van der Waals surface area contributed by atoms with Crippen LogP contribution >= 0.6 is 0 Å². The molecule has 1 fully saturated rings. The third-order valence-electron chi connectivity index (χ3n) is 2.76. The van der Waals surface area contributed by atoms with Gasteiger partial charge in [-0.05, 0) is 38.9 Å². The maximum absolute atomic E-state index is 10.7. The topological polar surface area (TPSA) is 40.5 Å². The zero-order valence-corrected chi connectivity index (χ0v) is 8.33. The Bertz CT molecular complexity index is 162. The number of nitrogens with zero attached hydrogens (tertiary/aromatic N) is 1. The molecule has 1 aliphatic rings. The molecule has 0 amide bonds. The van der Waals surface area contributed by atoms with Crippen LogP contribution in [0.5, 0.6) is 0 Å². The first-order valence-electron chi connectivity index (χ1n) is 5.19. The molecule has 0 bridgehead atoms. The highest BCUT2D eigenvalue weighted by Gasteiger charge is 2.23. The van der Waals surface area contributed by atoms with Gasteiger partial charge in [-0.25, -0.2) is 0 Å². The van der Waals surface area contributed by atoms with Gasteiger partial charge in [0.2, 0.25) is 0 Å². The number of carboxylic acids is 1. The smallest absolute Gasteiger partial charge is 0.306 e. The van der Waals surface area contributed by atoms with Gasteiger partial charge in [0.05, 0.1) is 5.92 Å². The number of hydrogen-bond donors (Lipinski definition) is 1. The molecule has 0 aromatic rings. The minimum absolute atomic E-state index is 0.0853. The summed E-state index contributed by atoms with van der Waals surface area (Å²) in [6, 6.07) is 0. The van der Waals surface area contributed by atoms with Crippen molar-refractivity contribution in [3.8, 4) is 0 Å².